The van der Waals surface area contributed by atoms with Crippen molar-refractivity contribution in [2.75, 3.05) is 7.11 Å². The summed E-state index contributed by atoms with van der Waals surface area (Å²) in [6, 6.07) is 15.2. The predicted molar refractivity (Wildman–Crippen MR) is 103 cm³/mol. The average Bonchev–Trinajstić information content (AvgIpc) is 3.09. The van der Waals surface area contributed by atoms with Crippen molar-refractivity contribution in [1.29, 1.82) is 5.41 Å². The number of hydrogen-bond acceptors (Lipinski definition) is 4. The number of para-hydroxylation sites is 1. The number of amidine groups is 1. The van der Waals surface area contributed by atoms with Gasteiger partial charge in [-0.15, -0.1) is 0 Å². The Labute approximate surface area is 156 Å². The van der Waals surface area contributed by atoms with E-state index >= 15 is 0 Å². The normalized spacial score (nSPS) is 11.7. The number of H-pyrrole nitrogens is 1. The molecule has 0 saturated heterocycles. The molecule has 1 aromatic heterocycles. The summed E-state index contributed by atoms with van der Waals surface area (Å²) in [5.74, 6) is -1.11. The number of methoxy groups -OCH3 is 1. The SMILES string of the molecule is COC(=O)[C@@H](Cc1cc2ccccc2[nH]1)NC(=O)c1cccc(C(=N)N)c1. The van der Waals surface area contributed by atoms with Gasteiger partial charge in [-0.2, -0.15) is 0 Å². The molecule has 0 aliphatic heterocycles. The van der Waals surface area contributed by atoms with Gasteiger partial charge in [-0.1, -0.05) is 30.3 Å². The molecule has 0 aliphatic rings. The van der Waals surface area contributed by atoms with Crippen LogP contribution in [0, 0.1) is 5.41 Å². The van der Waals surface area contributed by atoms with Gasteiger partial charge in [0, 0.05) is 28.8 Å². The van der Waals surface area contributed by atoms with Crippen molar-refractivity contribution in [2.24, 2.45) is 5.73 Å². The van der Waals surface area contributed by atoms with E-state index in [2.05, 4.69) is 10.3 Å². The Morgan fingerprint density at radius 2 is 1.89 bits per heavy atom. The summed E-state index contributed by atoms with van der Waals surface area (Å²) >= 11 is 0. The summed E-state index contributed by atoms with van der Waals surface area (Å²) in [7, 11) is 1.28. The Morgan fingerprint density at radius 3 is 2.59 bits per heavy atom. The van der Waals surface area contributed by atoms with Gasteiger partial charge in [0.05, 0.1) is 7.11 Å². The number of carbonyl (C=O) groups excluding carboxylic acids is 2. The maximum Gasteiger partial charge on any atom is 0.328 e. The molecular formula is C20H20N4O3. The molecule has 3 rings (SSSR count). The van der Waals surface area contributed by atoms with Gasteiger partial charge >= 0.3 is 5.97 Å². The van der Waals surface area contributed by atoms with Gasteiger partial charge in [-0.25, -0.2) is 4.79 Å². The summed E-state index contributed by atoms with van der Waals surface area (Å²) in [4.78, 5) is 28.0. The van der Waals surface area contributed by atoms with E-state index in [0.717, 1.165) is 16.6 Å². The zero-order valence-electron chi connectivity index (χ0n) is 14.8. The lowest BCUT2D eigenvalue weighted by molar-refractivity contribution is -0.142. The van der Waals surface area contributed by atoms with Crippen molar-refractivity contribution < 1.29 is 14.3 Å². The number of amides is 1. The molecule has 27 heavy (non-hydrogen) atoms. The van der Waals surface area contributed by atoms with E-state index < -0.39 is 17.9 Å². The molecule has 5 N–H and O–H groups in total. The molecule has 2 aromatic carbocycles. The van der Waals surface area contributed by atoms with Gasteiger partial charge in [-0.05, 0) is 29.7 Å². The van der Waals surface area contributed by atoms with E-state index in [1.165, 1.54) is 13.2 Å². The van der Waals surface area contributed by atoms with Gasteiger partial charge in [0.25, 0.3) is 5.91 Å². The molecule has 138 valence electrons. The number of nitrogens with two attached hydrogens (primary N) is 1. The number of aromatic nitrogens is 1. The molecule has 0 fully saturated rings. The van der Waals surface area contributed by atoms with Crippen LogP contribution < -0.4 is 11.1 Å². The van der Waals surface area contributed by atoms with Crippen LogP contribution in [0.3, 0.4) is 0 Å². The quantitative estimate of drug-likeness (QED) is 0.303. The number of esters is 1. The number of fused-ring (bicyclic) bond motifs is 1. The number of nitrogens with one attached hydrogen (secondary N) is 3. The van der Waals surface area contributed by atoms with Crippen molar-refractivity contribution in [1.82, 2.24) is 10.3 Å². The van der Waals surface area contributed by atoms with E-state index in [1.54, 1.807) is 18.2 Å². The number of aromatic amines is 1. The minimum Gasteiger partial charge on any atom is -0.467 e. The lowest BCUT2D eigenvalue weighted by Gasteiger charge is -2.16. The Hall–Kier alpha value is -3.61. The van der Waals surface area contributed by atoms with Crippen molar-refractivity contribution in [3.63, 3.8) is 0 Å². The molecule has 7 nitrogen and oxygen atoms in total. The van der Waals surface area contributed by atoms with Crippen molar-refractivity contribution in [2.45, 2.75) is 12.5 Å². The fourth-order valence-corrected chi connectivity index (χ4v) is 2.87. The number of carbonyl (C=O) groups is 2. The fourth-order valence-electron chi connectivity index (χ4n) is 2.87. The molecule has 1 heterocycles. The molecule has 3 aromatic rings. The summed E-state index contributed by atoms with van der Waals surface area (Å²) < 4.78 is 4.84. The fraction of sp³-hybridized carbons (Fsp3) is 0.150. The van der Waals surface area contributed by atoms with Gasteiger partial charge in [0.2, 0.25) is 0 Å². The van der Waals surface area contributed by atoms with Crippen LogP contribution in [0.1, 0.15) is 21.6 Å². The van der Waals surface area contributed by atoms with E-state index in [4.69, 9.17) is 15.9 Å². The van der Waals surface area contributed by atoms with Crippen LogP contribution in [0.2, 0.25) is 0 Å². The van der Waals surface area contributed by atoms with E-state index in [1.807, 2.05) is 30.3 Å². The molecule has 0 unspecified atom stereocenters. The van der Waals surface area contributed by atoms with Gasteiger partial charge in [0.15, 0.2) is 0 Å². The molecule has 0 aliphatic carbocycles. The van der Waals surface area contributed by atoms with Crippen molar-refractivity contribution in [3.8, 4) is 0 Å². The first-order valence-electron chi connectivity index (χ1n) is 8.37. The third-order valence-corrected chi connectivity index (χ3v) is 4.24. The number of benzene rings is 2. The summed E-state index contributed by atoms with van der Waals surface area (Å²) in [5.41, 5.74) is 7.98. The zero-order chi connectivity index (χ0) is 19.4. The third kappa shape index (κ3) is 4.14. The first kappa shape index (κ1) is 18.2. The molecule has 0 radical (unpaired) electrons. The number of nitrogen functional groups attached to an aromatic ring is 1. The second-order valence-electron chi connectivity index (χ2n) is 6.13. The maximum absolute atomic E-state index is 12.6. The molecule has 0 bridgehead atoms. The highest BCUT2D eigenvalue weighted by atomic mass is 16.5. The standard InChI is InChI=1S/C20H20N4O3/c1-27-20(26)17(11-15-10-12-5-2-3-8-16(12)23-15)24-19(25)14-7-4-6-13(9-14)18(21)22/h2-10,17,23H,11H2,1H3,(H3,21,22)(H,24,25)/t17-/m1/s1. The van der Waals surface area contributed by atoms with Crippen LogP contribution in [0.25, 0.3) is 10.9 Å². The summed E-state index contributed by atoms with van der Waals surface area (Å²) in [6.45, 7) is 0. The number of ether oxygens (including phenoxy) is 1. The maximum atomic E-state index is 12.6. The minimum atomic E-state index is -0.850. The lowest BCUT2D eigenvalue weighted by atomic mass is 10.1. The van der Waals surface area contributed by atoms with E-state index in [0.29, 0.717) is 11.1 Å². The molecule has 1 amide bonds. The predicted octanol–water partition coefficient (Wildman–Crippen LogP) is 1.97. The summed E-state index contributed by atoms with van der Waals surface area (Å²) in [6.07, 6.45) is 0.263. The van der Waals surface area contributed by atoms with Crippen LogP contribution in [-0.4, -0.2) is 35.8 Å². The zero-order valence-corrected chi connectivity index (χ0v) is 14.8. The minimum absolute atomic E-state index is 0.132. The van der Waals surface area contributed by atoms with Crippen molar-refractivity contribution >= 4 is 28.6 Å². The summed E-state index contributed by atoms with van der Waals surface area (Å²) in [5, 5.41) is 11.2. The van der Waals surface area contributed by atoms with Crippen LogP contribution in [0.4, 0.5) is 0 Å². The second-order valence-corrected chi connectivity index (χ2v) is 6.13. The highest BCUT2D eigenvalue weighted by Gasteiger charge is 2.23. The van der Waals surface area contributed by atoms with Crippen molar-refractivity contribution in [3.05, 3.63) is 71.4 Å². The lowest BCUT2D eigenvalue weighted by Crippen LogP contribution is -2.43. The van der Waals surface area contributed by atoms with Crippen LogP contribution >= 0.6 is 0 Å². The van der Waals surface area contributed by atoms with E-state index in [9.17, 15) is 9.59 Å². The Kier molecular flexibility index (Phi) is 5.21. The van der Waals surface area contributed by atoms with Crippen LogP contribution in [0.5, 0.6) is 0 Å². The Bertz CT molecular complexity index is 976. The highest BCUT2D eigenvalue weighted by Crippen LogP contribution is 2.16. The van der Waals surface area contributed by atoms with Gasteiger partial charge < -0.3 is 20.8 Å². The monoisotopic (exact) mass is 364 g/mol. The number of hydrogen-bond donors (Lipinski definition) is 4. The number of rotatable bonds is 6. The first-order valence-corrected chi connectivity index (χ1v) is 8.37. The Balaban J connectivity index is 1.80. The highest BCUT2D eigenvalue weighted by molar-refractivity contribution is 6.01. The average molecular weight is 364 g/mol. The Morgan fingerprint density at radius 1 is 1.15 bits per heavy atom. The third-order valence-electron chi connectivity index (χ3n) is 4.24. The van der Waals surface area contributed by atoms with Gasteiger partial charge in [0.1, 0.15) is 11.9 Å². The first-order chi connectivity index (χ1) is 13.0. The van der Waals surface area contributed by atoms with Gasteiger partial charge in [-0.3, -0.25) is 10.2 Å². The van der Waals surface area contributed by atoms with E-state index in [-0.39, 0.29) is 12.3 Å². The second kappa shape index (κ2) is 7.74. The molecule has 0 spiro atoms. The largest absolute Gasteiger partial charge is 0.467 e. The topological polar surface area (TPSA) is 121 Å². The van der Waals surface area contributed by atoms with Crippen LogP contribution in [-0.2, 0) is 16.0 Å². The molecule has 7 heteroatoms. The smallest absolute Gasteiger partial charge is 0.328 e. The molecule has 0 saturated carbocycles. The molecule has 1 atom stereocenters. The van der Waals surface area contributed by atoms with Crippen LogP contribution in [0.15, 0.2) is 54.6 Å². The molecular weight excluding hydrogens is 344 g/mol.